The van der Waals surface area contributed by atoms with E-state index in [-0.39, 0.29) is 5.82 Å². The van der Waals surface area contributed by atoms with Crippen LogP contribution in [0, 0.1) is 9.39 Å². The zero-order chi connectivity index (χ0) is 12.3. The van der Waals surface area contributed by atoms with Gasteiger partial charge in [0.1, 0.15) is 18.0 Å². The van der Waals surface area contributed by atoms with E-state index in [1.54, 1.807) is 12.3 Å². The first-order chi connectivity index (χ1) is 8.16. The van der Waals surface area contributed by atoms with Gasteiger partial charge in [-0.15, -0.1) is 0 Å². The maximum Gasteiger partial charge on any atom is 0.143 e. The molecular weight excluding hydrogens is 400 g/mol. The van der Waals surface area contributed by atoms with E-state index in [4.69, 9.17) is 0 Å². The molecule has 0 fully saturated rings. The second-order valence-corrected chi connectivity index (χ2v) is 5.33. The monoisotopic (exact) mass is 407 g/mol. The van der Waals surface area contributed by atoms with Gasteiger partial charge in [-0.05, 0) is 46.4 Å². The van der Waals surface area contributed by atoms with Crippen molar-refractivity contribution in [3.05, 3.63) is 50.1 Å². The number of nitrogens with zero attached hydrogens (tertiary/aromatic N) is 2. The number of anilines is 1. The average Bonchev–Trinajstić information content (AvgIpc) is 2.32. The Labute approximate surface area is 120 Å². The molecule has 1 heterocycles. The van der Waals surface area contributed by atoms with Crippen molar-refractivity contribution < 1.29 is 4.39 Å². The van der Waals surface area contributed by atoms with Crippen LogP contribution < -0.4 is 5.32 Å². The van der Waals surface area contributed by atoms with Gasteiger partial charge >= 0.3 is 0 Å². The lowest BCUT2D eigenvalue weighted by molar-refractivity contribution is 0.625. The van der Waals surface area contributed by atoms with E-state index < -0.39 is 0 Å². The molecule has 0 unspecified atom stereocenters. The van der Waals surface area contributed by atoms with E-state index in [1.807, 2.05) is 0 Å². The topological polar surface area (TPSA) is 37.8 Å². The van der Waals surface area contributed by atoms with Gasteiger partial charge in [0, 0.05) is 17.2 Å². The molecule has 0 saturated carbocycles. The predicted octanol–water partition coefficient (Wildman–Crippen LogP) is 3.59. The van der Waals surface area contributed by atoms with Crippen molar-refractivity contribution in [2.24, 2.45) is 0 Å². The van der Waals surface area contributed by atoms with Gasteiger partial charge in [-0.1, -0.05) is 15.9 Å². The second-order valence-electron chi connectivity index (χ2n) is 3.31. The van der Waals surface area contributed by atoms with Crippen LogP contribution in [0.5, 0.6) is 0 Å². The summed E-state index contributed by atoms with van der Waals surface area (Å²) in [7, 11) is 0. The lowest BCUT2D eigenvalue weighted by Gasteiger charge is -2.08. The molecule has 0 bridgehead atoms. The van der Waals surface area contributed by atoms with Gasteiger partial charge in [0.05, 0.1) is 3.57 Å². The zero-order valence-electron chi connectivity index (χ0n) is 8.62. The molecule has 0 saturated heterocycles. The minimum Gasteiger partial charge on any atom is -0.365 e. The molecule has 0 aliphatic rings. The second kappa shape index (κ2) is 5.72. The van der Waals surface area contributed by atoms with E-state index in [9.17, 15) is 4.39 Å². The molecular formula is C11H8BrFIN3. The van der Waals surface area contributed by atoms with Crippen molar-refractivity contribution in [2.75, 3.05) is 5.32 Å². The highest BCUT2D eigenvalue weighted by Crippen LogP contribution is 2.20. The van der Waals surface area contributed by atoms with E-state index in [2.05, 4.69) is 53.8 Å². The smallest absolute Gasteiger partial charge is 0.143 e. The standard InChI is InChI=1S/C11H8BrFIN3/c12-9-2-1-8(13)3-7(9)4-16-11-10(14)5-15-6-17-11/h1-3,5-6H,4H2,(H,15,16,17). The largest absolute Gasteiger partial charge is 0.365 e. The fourth-order valence-electron chi connectivity index (χ4n) is 1.30. The van der Waals surface area contributed by atoms with Crippen molar-refractivity contribution >= 4 is 44.3 Å². The fraction of sp³-hybridized carbons (Fsp3) is 0.0909. The summed E-state index contributed by atoms with van der Waals surface area (Å²) in [5.74, 6) is 0.499. The van der Waals surface area contributed by atoms with Gasteiger partial charge in [0.25, 0.3) is 0 Å². The third kappa shape index (κ3) is 3.35. The minimum atomic E-state index is -0.248. The Morgan fingerprint density at radius 3 is 3.00 bits per heavy atom. The third-order valence-electron chi connectivity index (χ3n) is 2.12. The maximum atomic E-state index is 13.1. The molecule has 17 heavy (non-hydrogen) atoms. The van der Waals surface area contributed by atoms with Gasteiger partial charge in [-0.2, -0.15) is 0 Å². The highest BCUT2D eigenvalue weighted by molar-refractivity contribution is 14.1. The summed E-state index contributed by atoms with van der Waals surface area (Å²) < 4.78 is 14.9. The number of hydrogen-bond acceptors (Lipinski definition) is 3. The van der Waals surface area contributed by atoms with Crippen LogP contribution in [0.15, 0.2) is 35.2 Å². The van der Waals surface area contributed by atoms with Crippen LogP contribution in [0.4, 0.5) is 10.2 Å². The van der Waals surface area contributed by atoms with E-state index in [1.165, 1.54) is 18.5 Å². The highest BCUT2D eigenvalue weighted by atomic mass is 127. The molecule has 2 aromatic rings. The summed E-state index contributed by atoms with van der Waals surface area (Å²) >= 11 is 5.53. The summed E-state index contributed by atoms with van der Waals surface area (Å²) in [6, 6.07) is 4.60. The number of rotatable bonds is 3. The molecule has 0 amide bonds. The number of halogens is 3. The molecule has 0 atom stereocenters. The third-order valence-corrected chi connectivity index (χ3v) is 3.68. The summed E-state index contributed by atoms with van der Waals surface area (Å²) in [6.45, 7) is 0.505. The van der Waals surface area contributed by atoms with Crippen LogP contribution in [0.1, 0.15) is 5.56 Å². The number of hydrogen-bond donors (Lipinski definition) is 1. The molecule has 0 spiro atoms. The minimum absolute atomic E-state index is 0.248. The summed E-state index contributed by atoms with van der Waals surface area (Å²) in [6.07, 6.45) is 3.20. The van der Waals surface area contributed by atoms with E-state index in [0.717, 1.165) is 19.4 Å². The van der Waals surface area contributed by atoms with E-state index >= 15 is 0 Å². The highest BCUT2D eigenvalue weighted by Gasteiger charge is 2.04. The lowest BCUT2D eigenvalue weighted by Crippen LogP contribution is -2.04. The molecule has 1 N–H and O–H groups in total. The molecule has 0 radical (unpaired) electrons. The molecule has 0 aliphatic carbocycles. The van der Waals surface area contributed by atoms with Crippen LogP contribution in [0.3, 0.4) is 0 Å². The van der Waals surface area contributed by atoms with Gasteiger partial charge < -0.3 is 5.32 Å². The predicted molar refractivity (Wildman–Crippen MR) is 76.2 cm³/mol. The fourth-order valence-corrected chi connectivity index (χ4v) is 2.18. The maximum absolute atomic E-state index is 13.1. The summed E-state index contributed by atoms with van der Waals surface area (Å²) in [5.41, 5.74) is 0.847. The SMILES string of the molecule is Fc1ccc(Br)c(CNc2ncncc2I)c1. The molecule has 3 nitrogen and oxygen atoms in total. The average molecular weight is 408 g/mol. The van der Waals surface area contributed by atoms with Crippen LogP contribution in [-0.2, 0) is 6.54 Å². The molecule has 1 aromatic heterocycles. The Morgan fingerprint density at radius 2 is 2.24 bits per heavy atom. The number of aromatic nitrogens is 2. The molecule has 2 rings (SSSR count). The molecule has 6 heteroatoms. The quantitative estimate of drug-likeness (QED) is 0.790. The van der Waals surface area contributed by atoms with Gasteiger partial charge in [-0.25, -0.2) is 14.4 Å². The number of benzene rings is 1. The Kier molecular flexibility index (Phi) is 4.27. The normalized spacial score (nSPS) is 10.3. The summed E-state index contributed by atoms with van der Waals surface area (Å²) in [4.78, 5) is 8.01. The van der Waals surface area contributed by atoms with Crippen molar-refractivity contribution in [1.29, 1.82) is 0 Å². The Bertz CT molecular complexity index is 536. The van der Waals surface area contributed by atoms with Crippen LogP contribution in [0.2, 0.25) is 0 Å². The molecule has 1 aromatic carbocycles. The number of nitrogens with one attached hydrogen (secondary N) is 1. The van der Waals surface area contributed by atoms with E-state index in [0.29, 0.717) is 6.54 Å². The Balaban J connectivity index is 2.12. The van der Waals surface area contributed by atoms with Crippen molar-refractivity contribution in [3.63, 3.8) is 0 Å². The Hall–Kier alpha value is -0.760. The van der Waals surface area contributed by atoms with Crippen LogP contribution in [-0.4, -0.2) is 9.97 Å². The molecule has 88 valence electrons. The molecule has 0 aliphatic heterocycles. The zero-order valence-corrected chi connectivity index (χ0v) is 12.4. The van der Waals surface area contributed by atoms with Gasteiger partial charge in [0.2, 0.25) is 0 Å². The van der Waals surface area contributed by atoms with Gasteiger partial charge in [-0.3, -0.25) is 0 Å². The first-order valence-corrected chi connectivity index (χ1v) is 6.67. The first kappa shape index (κ1) is 12.7. The Morgan fingerprint density at radius 1 is 1.41 bits per heavy atom. The van der Waals surface area contributed by atoms with Crippen molar-refractivity contribution in [2.45, 2.75) is 6.54 Å². The first-order valence-electron chi connectivity index (χ1n) is 4.80. The van der Waals surface area contributed by atoms with Crippen molar-refractivity contribution in [3.8, 4) is 0 Å². The van der Waals surface area contributed by atoms with Crippen LogP contribution >= 0.6 is 38.5 Å². The lowest BCUT2D eigenvalue weighted by atomic mass is 10.2. The van der Waals surface area contributed by atoms with Gasteiger partial charge in [0.15, 0.2) is 0 Å². The summed E-state index contributed by atoms with van der Waals surface area (Å²) in [5, 5.41) is 3.14. The van der Waals surface area contributed by atoms with Crippen molar-refractivity contribution in [1.82, 2.24) is 9.97 Å². The van der Waals surface area contributed by atoms with Crippen LogP contribution in [0.25, 0.3) is 0 Å².